The van der Waals surface area contributed by atoms with Gasteiger partial charge in [-0.1, -0.05) is 0 Å². The summed E-state index contributed by atoms with van der Waals surface area (Å²) in [6.07, 6.45) is 1.67. The molecule has 1 N–H and O–H groups in total. The van der Waals surface area contributed by atoms with Crippen LogP contribution < -0.4 is 5.32 Å². The lowest BCUT2D eigenvalue weighted by Gasteiger charge is -2.17. The zero-order valence-corrected chi connectivity index (χ0v) is 11.2. The first-order valence-electron chi connectivity index (χ1n) is 6.12. The SMILES string of the molecule is Cc1ccc(NC(C)c2cc(F)c(C)cc2F)cn1. The Bertz CT molecular complexity index is 579. The average Bonchev–Trinajstić information content (AvgIpc) is 2.36. The van der Waals surface area contributed by atoms with E-state index in [-0.39, 0.29) is 6.04 Å². The number of benzene rings is 1. The summed E-state index contributed by atoms with van der Waals surface area (Å²) < 4.78 is 27.3. The highest BCUT2D eigenvalue weighted by Crippen LogP contribution is 2.23. The van der Waals surface area contributed by atoms with Gasteiger partial charge in [-0.05, 0) is 50.6 Å². The summed E-state index contributed by atoms with van der Waals surface area (Å²) in [4.78, 5) is 4.15. The second-order valence-electron chi connectivity index (χ2n) is 4.68. The summed E-state index contributed by atoms with van der Waals surface area (Å²) in [5.41, 5.74) is 2.30. The normalized spacial score (nSPS) is 12.3. The Labute approximate surface area is 111 Å². The second kappa shape index (κ2) is 5.34. The van der Waals surface area contributed by atoms with Crippen molar-refractivity contribution in [2.24, 2.45) is 0 Å². The Morgan fingerprint density at radius 1 is 1.11 bits per heavy atom. The Morgan fingerprint density at radius 3 is 2.47 bits per heavy atom. The predicted molar refractivity (Wildman–Crippen MR) is 72.1 cm³/mol. The molecule has 1 aromatic carbocycles. The zero-order chi connectivity index (χ0) is 14.0. The van der Waals surface area contributed by atoms with Crippen LogP contribution >= 0.6 is 0 Å². The quantitative estimate of drug-likeness (QED) is 0.898. The zero-order valence-electron chi connectivity index (χ0n) is 11.2. The van der Waals surface area contributed by atoms with E-state index in [0.717, 1.165) is 11.4 Å². The van der Waals surface area contributed by atoms with Crippen LogP contribution in [0.3, 0.4) is 0 Å². The Kier molecular flexibility index (Phi) is 3.79. The fourth-order valence-corrected chi connectivity index (χ4v) is 1.87. The van der Waals surface area contributed by atoms with E-state index in [9.17, 15) is 8.78 Å². The van der Waals surface area contributed by atoms with E-state index in [1.165, 1.54) is 12.1 Å². The molecule has 0 bridgehead atoms. The van der Waals surface area contributed by atoms with Crippen LogP contribution in [0.2, 0.25) is 0 Å². The van der Waals surface area contributed by atoms with E-state index in [2.05, 4.69) is 10.3 Å². The van der Waals surface area contributed by atoms with E-state index in [4.69, 9.17) is 0 Å². The van der Waals surface area contributed by atoms with Gasteiger partial charge in [0.2, 0.25) is 0 Å². The van der Waals surface area contributed by atoms with Crippen molar-refractivity contribution >= 4 is 5.69 Å². The van der Waals surface area contributed by atoms with Crippen molar-refractivity contribution in [3.63, 3.8) is 0 Å². The minimum atomic E-state index is -0.404. The van der Waals surface area contributed by atoms with Crippen LogP contribution in [-0.2, 0) is 0 Å². The lowest BCUT2D eigenvalue weighted by Crippen LogP contribution is -2.10. The highest BCUT2D eigenvalue weighted by molar-refractivity contribution is 5.44. The maximum atomic E-state index is 13.8. The molecular formula is C15H16F2N2. The summed E-state index contributed by atoms with van der Waals surface area (Å²) in [5, 5.41) is 3.10. The van der Waals surface area contributed by atoms with Crippen LogP contribution in [0, 0.1) is 25.5 Å². The molecular weight excluding hydrogens is 246 g/mol. The summed E-state index contributed by atoms with van der Waals surface area (Å²) in [6, 6.07) is 5.85. The summed E-state index contributed by atoms with van der Waals surface area (Å²) in [7, 11) is 0. The molecule has 100 valence electrons. The standard InChI is InChI=1S/C15H16F2N2/c1-9-6-15(17)13(7-14(9)16)11(3)19-12-5-4-10(2)18-8-12/h4-8,11,19H,1-3H3. The molecule has 0 saturated carbocycles. The molecule has 0 spiro atoms. The molecule has 2 aromatic rings. The number of nitrogens with one attached hydrogen (secondary N) is 1. The van der Waals surface area contributed by atoms with E-state index in [1.54, 1.807) is 20.0 Å². The fourth-order valence-electron chi connectivity index (χ4n) is 1.87. The maximum Gasteiger partial charge on any atom is 0.128 e. The molecule has 0 aliphatic carbocycles. The lowest BCUT2D eigenvalue weighted by atomic mass is 10.0. The monoisotopic (exact) mass is 262 g/mol. The summed E-state index contributed by atoms with van der Waals surface area (Å²) in [6.45, 7) is 5.22. The van der Waals surface area contributed by atoms with Crippen molar-refractivity contribution < 1.29 is 8.78 Å². The van der Waals surface area contributed by atoms with Gasteiger partial charge in [-0.25, -0.2) is 8.78 Å². The van der Waals surface area contributed by atoms with Gasteiger partial charge in [-0.3, -0.25) is 4.98 Å². The second-order valence-corrected chi connectivity index (χ2v) is 4.68. The molecule has 1 unspecified atom stereocenters. The summed E-state index contributed by atoms with van der Waals surface area (Å²) >= 11 is 0. The highest BCUT2D eigenvalue weighted by Gasteiger charge is 2.13. The Hall–Kier alpha value is -1.97. The molecule has 0 aliphatic heterocycles. The van der Waals surface area contributed by atoms with E-state index in [0.29, 0.717) is 11.1 Å². The number of halogens is 2. The first kappa shape index (κ1) is 13.5. The molecule has 2 rings (SSSR count). The number of hydrogen-bond donors (Lipinski definition) is 1. The molecule has 0 amide bonds. The average molecular weight is 262 g/mol. The van der Waals surface area contributed by atoms with Gasteiger partial charge >= 0.3 is 0 Å². The number of pyridine rings is 1. The molecule has 0 radical (unpaired) electrons. The number of aromatic nitrogens is 1. The molecule has 2 nitrogen and oxygen atoms in total. The molecule has 1 atom stereocenters. The third kappa shape index (κ3) is 3.08. The minimum absolute atomic E-state index is 0.309. The van der Waals surface area contributed by atoms with Gasteiger partial charge in [0.05, 0.1) is 17.9 Å². The molecule has 19 heavy (non-hydrogen) atoms. The molecule has 4 heteroatoms. The molecule has 0 aliphatic rings. The number of nitrogens with zero attached hydrogens (tertiary/aromatic N) is 1. The number of anilines is 1. The lowest BCUT2D eigenvalue weighted by molar-refractivity contribution is 0.571. The van der Waals surface area contributed by atoms with Crippen LogP contribution in [0.15, 0.2) is 30.5 Å². The molecule has 1 heterocycles. The molecule has 0 fully saturated rings. The van der Waals surface area contributed by atoms with Crippen LogP contribution in [0.25, 0.3) is 0 Å². The number of hydrogen-bond acceptors (Lipinski definition) is 2. The number of rotatable bonds is 3. The van der Waals surface area contributed by atoms with Crippen LogP contribution in [0.4, 0.5) is 14.5 Å². The van der Waals surface area contributed by atoms with Crippen molar-refractivity contribution in [2.75, 3.05) is 5.32 Å². The molecule has 1 aromatic heterocycles. The van der Waals surface area contributed by atoms with Gasteiger partial charge in [0.25, 0.3) is 0 Å². The van der Waals surface area contributed by atoms with E-state index >= 15 is 0 Å². The van der Waals surface area contributed by atoms with E-state index in [1.807, 2.05) is 19.1 Å². The maximum absolute atomic E-state index is 13.8. The van der Waals surface area contributed by atoms with Crippen molar-refractivity contribution in [2.45, 2.75) is 26.8 Å². The fraction of sp³-hybridized carbons (Fsp3) is 0.267. The van der Waals surface area contributed by atoms with Gasteiger partial charge in [0.15, 0.2) is 0 Å². The van der Waals surface area contributed by atoms with Crippen LogP contribution in [0.5, 0.6) is 0 Å². The topological polar surface area (TPSA) is 24.9 Å². The van der Waals surface area contributed by atoms with Gasteiger partial charge < -0.3 is 5.32 Å². The van der Waals surface area contributed by atoms with Gasteiger partial charge in [-0.15, -0.1) is 0 Å². The smallest absolute Gasteiger partial charge is 0.128 e. The van der Waals surface area contributed by atoms with Crippen LogP contribution in [0.1, 0.15) is 29.8 Å². The minimum Gasteiger partial charge on any atom is -0.377 e. The van der Waals surface area contributed by atoms with Gasteiger partial charge in [-0.2, -0.15) is 0 Å². The predicted octanol–water partition coefficient (Wildman–Crippen LogP) is 4.15. The largest absolute Gasteiger partial charge is 0.377 e. The van der Waals surface area contributed by atoms with Crippen molar-refractivity contribution in [3.05, 3.63) is 58.9 Å². The third-order valence-corrected chi connectivity index (χ3v) is 3.04. The molecule has 0 saturated heterocycles. The van der Waals surface area contributed by atoms with Crippen molar-refractivity contribution in [3.8, 4) is 0 Å². The first-order valence-corrected chi connectivity index (χ1v) is 6.12. The Balaban J connectivity index is 2.22. The van der Waals surface area contributed by atoms with Gasteiger partial charge in [0, 0.05) is 11.3 Å². The number of aryl methyl sites for hydroxylation is 2. The first-order chi connectivity index (χ1) is 8.97. The van der Waals surface area contributed by atoms with Crippen LogP contribution in [-0.4, -0.2) is 4.98 Å². The van der Waals surface area contributed by atoms with E-state index < -0.39 is 11.6 Å². The highest BCUT2D eigenvalue weighted by atomic mass is 19.1. The Morgan fingerprint density at radius 2 is 1.84 bits per heavy atom. The van der Waals surface area contributed by atoms with Crippen molar-refractivity contribution in [1.29, 1.82) is 0 Å². The third-order valence-electron chi connectivity index (χ3n) is 3.04. The van der Waals surface area contributed by atoms with Gasteiger partial charge in [0.1, 0.15) is 11.6 Å². The van der Waals surface area contributed by atoms with Crippen molar-refractivity contribution in [1.82, 2.24) is 4.98 Å². The summed E-state index contributed by atoms with van der Waals surface area (Å²) in [5.74, 6) is -0.800.